The van der Waals surface area contributed by atoms with Crippen molar-refractivity contribution in [3.63, 3.8) is 0 Å². The Bertz CT molecular complexity index is 2720. The molecule has 4 aromatic carbocycles. The number of rotatable bonds is 34. The highest BCUT2D eigenvalue weighted by Gasteiger charge is 2.28. The van der Waals surface area contributed by atoms with Crippen LogP contribution in [0, 0.1) is 0 Å². The first-order chi connectivity index (χ1) is 38.0. The molecular weight excluding hydrogens is 1020 g/mol. The van der Waals surface area contributed by atoms with Crippen molar-refractivity contribution in [2.24, 2.45) is 34.4 Å². The van der Waals surface area contributed by atoms with Crippen LogP contribution in [0.3, 0.4) is 0 Å². The number of methoxy groups -OCH3 is 3. The Labute approximate surface area is 459 Å². The average molecular weight is 1100 g/mol. The number of nitrogens with one attached hydrogen (secondary N) is 7. The molecule has 0 heterocycles. The molecule has 428 valence electrons. The van der Waals surface area contributed by atoms with Gasteiger partial charge in [-0.05, 0) is 170 Å². The van der Waals surface area contributed by atoms with Crippen molar-refractivity contribution in [1.82, 2.24) is 16.0 Å². The summed E-state index contributed by atoms with van der Waals surface area (Å²) in [6.07, 6.45) is 5.46. The van der Waals surface area contributed by atoms with E-state index < -0.39 is 71.4 Å². The van der Waals surface area contributed by atoms with Gasteiger partial charge in [-0.25, -0.2) is 0 Å². The molecule has 19 N–H and O–H groups in total. The molecule has 4 unspecified atom stereocenters. The summed E-state index contributed by atoms with van der Waals surface area (Å²) in [4.78, 5) is 108. The fourth-order valence-corrected chi connectivity index (χ4v) is 8.20. The van der Waals surface area contributed by atoms with E-state index in [-0.39, 0.29) is 81.5 Å². The molecule has 79 heavy (non-hydrogen) atoms. The van der Waals surface area contributed by atoms with Crippen molar-refractivity contribution in [3.05, 3.63) is 101 Å². The summed E-state index contributed by atoms with van der Waals surface area (Å²) in [6, 6.07) is 15.1. The molecule has 0 radical (unpaired) electrons. The van der Waals surface area contributed by atoms with E-state index in [0.717, 1.165) is 0 Å². The van der Waals surface area contributed by atoms with Crippen LogP contribution in [0.15, 0.2) is 78.9 Å². The number of ether oxygens (including phenoxy) is 3. The number of primary amides is 1. The minimum Gasteiger partial charge on any atom is -0.496 e. The molecule has 4 rings (SSSR count). The molecular formula is C55H77N13O11. The summed E-state index contributed by atoms with van der Waals surface area (Å²) in [5.74, 6) is -4.53. The standard InChI is InChI=1S/C55H77N13O11/c1-77-45-22-19-35(30-38(45)48(61)69)64-53(74)42(16-5-9-26-57)66-49(70)33-13-12-14-34(29-33)63-54(75)43(17-6-10-27-58)67-51(72)40-32-37(21-24-47(40)79-3)65-55(76)44(18-7-11-28-59)68-50(71)39-31-36(20-23-46(39)78-2)62-52(73)41(60)15-4-8-25-56/h12-14,19-24,29-32,41-44H,4-11,15-18,25-28,56-60H2,1-3H3,(H2,61,69)(H,62,73)(H,63,75)(H,64,74)(H,65,76)(H,66,70)(H,67,72)(H,68,71). The van der Waals surface area contributed by atoms with E-state index in [1.807, 2.05) is 0 Å². The maximum atomic E-state index is 14.2. The van der Waals surface area contributed by atoms with E-state index in [9.17, 15) is 38.4 Å². The minimum atomic E-state index is -1.13. The van der Waals surface area contributed by atoms with Gasteiger partial charge in [0.05, 0.1) is 44.1 Å². The van der Waals surface area contributed by atoms with Crippen LogP contribution in [0.25, 0.3) is 0 Å². The second kappa shape index (κ2) is 33.2. The smallest absolute Gasteiger partial charge is 0.255 e. The van der Waals surface area contributed by atoms with Crippen molar-refractivity contribution >= 4 is 70.0 Å². The van der Waals surface area contributed by atoms with Crippen LogP contribution in [0.5, 0.6) is 17.2 Å². The fourth-order valence-electron chi connectivity index (χ4n) is 8.20. The molecule has 0 saturated carbocycles. The Morgan fingerprint density at radius 2 is 0.759 bits per heavy atom. The number of amides is 8. The lowest BCUT2D eigenvalue weighted by Gasteiger charge is -2.21. The Kier molecular flexibility index (Phi) is 26.6. The maximum absolute atomic E-state index is 14.2. The maximum Gasteiger partial charge on any atom is 0.255 e. The van der Waals surface area contributed by atoms with Gasteiger partial charge in [-0.15, -0.1) is 0 Å². The number of benzene rings is 4. The first-order valence-electron chi connectivity index (χ1n) is 26.2. The zero-order valence-corrected chi connectivity index (χ0v) is 45.1. The highest BCUT2D eigenvalue weighted by molar-refractivity contribution is 6.07. The number of hydrogen-bond acceptors (Lipinski definition) is 16. The van der Waals surface area contributed by atoms with Crippen LogP contribution in [-0.2, 0) is 19.2 Å². The molecule has 0 bridgehead atoms. The number of unbranched alkanes of at least 4 members (excludes halogenated alkanes) is 4. The predicted molar refractivity (Wildman–Crippen MR) is 302 cm³/mol. The molecule has 0 aliphatic carbocycles. The topological polar surface area (TPSA) is 405 Å². The molecule has 0 saturated heterocycles. The first kappa shape index (κ1) is 63.4. The third-order valence-corrected chi connectivity index (χ3v) is 12.6. The molecule has 0 aromatic heterocycles. The highest BCUT2D eigenvalue weighted by Crippen LogP contribution is 2.27. The summed E-state index contributed by atoms with van der Waals surface area (Å²) in [5.41, 5.74) is 35.5. The van der Waals surface area contributed by atoms with Gasteiger partial charge in [-0.3, -0.25) is 38.4 Å². The van der Waals surface area contributed by atoms with E-state index in [1.54, 1.807) is 18.2 Å². The van der Waals surface area contributed by atoms with Gasteiger partial charge in [-0.2, -0.15) is 0 Å². The number of hydrogen-bond donors (Lipinski definition) is 13. The lowest BCUT2D eigenvalue weighted by Crippen LogP contribution is -2.44. The molecule has 0 spiro atoms. The molecule has 4 atom stereocenters. The summed E-state index contributed by atoms with van der Waals surface area (Å²) >= 11 is 0. The SMILES string of the molecule is COc1ccc(NC(=O)C(CCCCN)NC(=O)c2cccc(NC(=O)C(CCCCN)NC(=O)c3cc(NC(=O)C(CCCCN)NC(=O)c4cc(NC(=O)C(N)CCCCN)ccc4OC)ccc3OC)c2)cc1C(N)=O. The second-order valence-corrected chi connectivity index (χ2v) is 18.5. The zero-order chi connectivity index (χ0) is 57.9. The van der Waals surface area contributed by atoms with E-state index in [0.29, 0.717) is 84.0 Å². The molecule has 24 nitrogen and oxygen atoms in total. The minimum absolute atomic E-state index is 0.0349. The predicted octanol–water partition coefficient (Wildman–Crippen LogP) is 2.80. The molecule has 8 amide bonds. The van der Waals surface area contributed by atoms with Crippen LogP contribution in [0.4, 0.5) is 22.7 Å². The summed E-state index contributed by atoms with van der Waals surface area (Å²) in [7, 11) is 4.11. The van der Waals surface area contributed by atoms with Gasteiger partial charge in [0.1, 0.15) is 35.4 Å². The number of anilines is 4. The van der Waals surface area contributed by atoms with E-state index in [4.69, 9.17) is 48.6 Å². The summed E-state index contributed by atoms with van der Waals surface area (Å²) in [5, 5.41) is 19.3. The van der Waals surface area contributed by atoms with Crippen molar-refractivity contribution in [1.29, 1.82) is 0 Å². The molecule has 0 aliphatic heterocycles. The van der Waals surface area contributed by atoms with Crippen LogP contribution in [0.1, 0.15) is 118 Å². The quantitative estimate of drug-likeness (QED) is 0.0299. The summed E-state index contributed by atoms with van der Waals surface area (Å²) in [6.45, 7) is 1.51. The van der Waals surface area contributed by atoms with Gasteiger partial charge in [0.2, 0.25) is 23.6 Å². The molecule has 24 heteroatoms. The van der Waals surface area contributed by atoms with Crippen molar-refractivity contribution in [2.75, 3.05) is 68.8 Å². The van der Waals surface area contributed by atoms with Crippen LogP contribution < -0.4 is 85.8 Å². The Hall–Kier alpha value is -8.16. The number of carbonyl (C=O) groups excluding carboxylic acids is 8. The zero-order valence-electron chi connectivity index (χ0n) is 45.1. The van der Waals surface area contributed by atoms with Gasteiger partial charge in [0.15, 0.2) is 0 Å². The van der Waals surface area contributed by atoms with Crippen molar-refractivity contribution in [3.8, 4) is 17.2 Å². The van der Waals surface area contributed by atoms with Gasteiger partial charge in [0.25, 0.3) is 23.6 Å². The van der Waals surface area contributed by atoms with E-state index in [2.05, 4.69) is 37.2 Å². The Balaban J connectivity index is 1.51. The van der Waals surface area contributed by atoms with Gasteiger partial charge in [0, 0.05) is 28.3 Å². The fraction of sp³-hybridized carbons (Fsp3) is 0.418. The lowest BCUT2D eigenvalue weighted by molar-refractivity contribution is -0.118. The lowest BCUT2D eigenvalue weighted by atomic mass is 10.1. The number of carbonyl (C=O) groups is 8. The third kappa shape index (κ3) is 20.0. The van der Waals surface area contributed by atoms with E-state index in [1.165, 1.54) is 82.0 Å². The second-order valence-electron chi connectivity index (χ2n) is 18.5. The van der Waals surface area contributed by atoms with Crippen LogP contribution in [-0.4, -0.2) is 119 Å². The monoisotopic (exact) mass is 1100 g/mol. The highest BCUT2D eigenvalue weighted by atomic mass is 16.5. The van der Waals surface area contributed by atoms with Gasteiger partial charge in [-0.1, -0.05) is 12.5 Å². The molecule has 0 aliphatic rings. The number of nitrogens with two attached hydrogens (primary N) is 6. The largest absolute Gasteiger partial charge is 0.496 e. The summed E-state index contributed by atoms with van der Waals surface area (Å²) < 4.78 is 16.2. The normalized spacial score (nSPS) is 12.4. The van der Waals surface area contributed by atoms with E-state index >= 15 is 0 Å². The van der Waals surface area contributed by atoms with Crippen molar-refractivity contribution < 1.29 is 52.6 Å². The van der Waals surface area contributed by atoms with Gasteiger partial charge < -0.3 is 85.8 Å². The Morgan fingerprint density at radius 3 is 1.14 bits per heavy atom. The van der Waals surface area contributed by atoms with Crippen molar-refractivity contribution in [2.45, 2.75) is 101 Å². The Morgan fingerprint density at radius 1 is 0.418 bits per heavy atom. The average Bonchev–Trinajstić information content (AvgIpc) is 3.44. The van der Waals surface area contributed by atoms with Crippen LogP contribution >= 0.6 is 0 Å². The van der Waals surface area contributed by atoms with Gasteiger partial charge >= 0.3 is 0 Å². The third-order valence-electron chi connectivity index (χ3n) is 12.6. The molecule has 4 aromatic rings. The van der Waals surface area contributed by atoms with Crippen LogP contribution in [0.2, 0.25) is 0 Å². The first-order valence-corrected chi connectivity index (χ1v) is 26.2. The molecule has 0 fully saturated rings.